The fourth-order valence-electron chi connectivity index (χ4n) is 3.84. The van der Waals surface area contributed by atoms with Gasteiger partial charge in [-0.25, -0.2) is 0 Å². The molecule has 2 fully saturated rings. The van der Waals surface area contributed by atoms with E-state index in [0.29, 0.717) is 44.0 Å². The molecule has 1 aromatic rings. The van der Waals surface area contributed by atoms with Gasteiger partial charge in [0.2, 0.25) is 0 Å². The number of carbonyl (C=O) groups excluding carboxylic acids is 1. The smallest absolute Gasteiger partial charge is 0.172 e. The van der Waals surface area contributed by atoms with E-state index >= 15 is 0 Å². The summed E-state index contributed by atoms with van der Waals surface area (Å²) in [6.07, 6.45) is 2.73. The predicted octanol–water partition coefficient (Wildman–Crippen LogP) is 1.82. The standard InChI is InChI=1S/C16H18O5/c1-18-12-4-2-3-11-14(12)21-13-9-16(19-7-8-20-16)6-5-15(11,13)10-17/h2-4,10,13H,5-9H2,1H3/t13-,15+/m0/s1. The maximum Gasteiger partial charge on any atom is 0.172 e. The Morgan fingerprint density at radius 3 is 2.81 bits per heavy atom. The van der Waals surface area contributed by atoms with Gasteiger partial charge >= 0.3 is 0 Å². The zero-order chi connectivity index (χ0) is 14.5. The zero-order valence-electron chi connectivity index (χ0n) is 12.0. The molecule has 5 nitrogen and oxygen atoms in total. The van der Waals surface area contributed by atoms with Gasteiger partial charge in [-0.2, -0.15) is 0 Å². The highest BCUT2D eigenvalue weighted by molar-refractivity contribution is 5.76. The molecular formula is C16H18O5. The minimum absolute atomic E-state index is 0.256. The van der Waals surface area contributed by atoms with Crippen LogP contribution in [0.2, 0.25) is 0 Å². The van der Waals surface area contributed by atoms with Crippen molar-refractivity contribution in [2.45, 2.75) is 36.6 Å². The van der Waals surface area contributed by atoms with Crippen molar-refractivity contribution in [3.8, 4) is 11.5 Å². The minimum atomic E-state index is -0.607. The Bertz CT molecular complexity index is 578. The first-order chi connectivity index (χ1) is 10.2. The first kappa shape index (κ1) is 13.1. The molecule has 21 heavy (non-hydrogen) atoms. The molecule has 3 aliphatic rings. The van der Waals surface area contributed by atoms with Crippen molar-refractivity contribution >= 4 is 6.29 Å². The number of rotatable bonds is 2. The lowest BCUT2D eigenvalue weighted by molar-refractivity contribution is -0.200. The Morgan fingerprint density at radius 1 is 1.29 bits per heavy atom. The number of carbonyl (C=O) groups is 1. The molecule has 112 valence electrons. The van der Waals surface area contributed by atoms with Gasteiger partial charge < -0.3 is 23.7 Å². The van der Waals surface area contributed by atoms with Crippen LogP contribution in [-0.4, -0.2) is 38.5 Å². The van der Waals surface area contributed by atoms with Crippen LogP contribution in [0.25, 0.3) is 0 Å². The number of para-hydroxylation sites is 1. The summed E-state index contributed by atoms with van der Waals surface area (Å²) in [6, 6.07) is 5.72. The van der Waals surface area contributed by atoms with Gasteiger partial charge in [-0.15, -0.1) is 0 Å². The summed E-state index contributed by atoms with van der Waals surface area (Å²) in [5.74, 6) is 0.782. The van der Waals surface area contributed by atoms with Crippen molar-refractivity contribution in [3.05, 3.63) is 23.8 Å². The SMILES string of the molecule is COc1cccc2c1O[C@H]1CC3(CC[C@@]21C=O)OCCO3. The summed E-state index contributed by atoms with van der Waals surface area (Å²) in [5, 5.41) is 0. The van der Waals surface area contributed by atoms with E-state index in [1.165, 1.54) is 0 Å². The molecule has 1 saturated carbocycles. The third-order valence-electron chi connectivity index (χ3n) is 4.97. The molecule has 0 radical (unpaired) electrons. The van der Waals surface area contributed by atoms with Gasteiger partial charge in [-0.1, -0.05) is 12.1 Å². The predicted molar refractivity (Wildman–Crippen MR) is 73.6 cm³/mol. The number of hydrogen-bond donors (Lipinski definition) is 0. The maximum absolute atomic E-state index is 11.9. The molecule has 1 saturated heterocycles. The molecule has 0 N–H and O–H groups in total. The number of hydrogen-bond acceptors (Lipinski definition) is 5. The van der Waals surface area contributed by atoms with Gasteiger partial charge in [0.1, 0.15) is 12.4 Å². The van der Waals surface area contributed by atoms with Crippen LogP contribution >= 0.6 is 0 Å². The number of methoxy groups -OCH3 is 1. The van der Waals surface area contributed by atoms with Crippen LogP contribution in [0, 0.1) is 0 Å². The second-order valence-electron chi connectivity index (χ2n) is 5.91. The summed E-state index contributed by atoms with van der Waals surface area (Å²) < 4.78 is 23.0. The molecule has 1 aromatic carbocycles. The van der Waals surface area contributed by atoms with Crippen molar-refractivity contribution in [2.75, 3.05) is 20.3 Å². The van der Waals surface area contributed by atoms with Crippen LogP contribution in [0.5, 0.6) is 11.5 Å². The van der Waals surface area contributed by atoms with E-state index in [2.05, 4.69) is 0 Å². The lowest BCUT2D eigenvalue weighted by Crippen LogP contribution is -2.52. The third kappa shape index (κ3) is 1.67. The van der Waals surface area contributed by atoms with Crippen LogP contribution in [0.15, 0.2) is 18.2 Å². The Hall–Kier alpha value is -1.59. The largest absolute Gasteiger partial charge is 0.493 e. The first-order valence-electron chi connectivity index (χ1n) is 7.31. The molecule has 4 rings (SSSR count). The topological polar surface area (TPSA) is 54.0 Å². The van der Waals surface area contributed by atoms with Crippen LogP contribution in [-0.2, 0) is 19.7 Å². The Kier molecular flexibility index (Phi) is 2.78. The fraction of sp³-hybridized carbons (Fsp3) is 0.562. The van der Waals surface area contributed by atoms with Gasteiger partial charge in [0, 0.05) is 18.4 Å². The fourth-order valence-corrected chi connectivity index (χ4v) is 3.84. The normalized spacial score (nSPS) is 32.3. The van der Waals surface area contributed by atoms with Crippen molar-refractivity contribution in [1.29, 1.82) is 0 Å². The summed E-state index contributed by atoms with van der Waals surface area (Å²) in [7, 11) is 1.61. The number of ether oxygens (including phenoxy) is 4. The summed E-state index contributed by atoms with van der Waals surface area (Å²) in [6.45, 7) is 1.22. The highest BCUT2D eigenvalue weighted by Gasteiger charge is 2.58. The molecule has 1 spiro atoms. The van der Waals surface area contributed by atoms with E-state index < -0.39 is 11.2 Å². The van der Waals surface area contributed by atoms with Gasteiger partial charge in [0.05, 0.1) is 25.7 Å². The molecule has 2 aliphatic heterocycles. The van der Waals surface area contributed by atoms with Crippen LogP contribution < -0.4 is 9.47 Å². The molecule has 0 unspecified atom stereocenters. The molecule has 2 heterocycles. The Morgan fingerprint density at radius 2 is 2.10 bits per heavy atom. The van der Waals surface area contributed by atoms with Crippen molar-refractivity contribution in [3.63, 3.8) is 0 Å². The second-order valence-corrected chi connectivity index (χ2v) is 5.91. The number of benzene rings is 1. The van der Waals surface area contributed by atoms with Crippen LogP contribution in [0.4, 0.5) is 0 Å². The lowest BCUT2D eigenvalue weighted by Gasteiger charge is -2.41. The zero-order valence-corrected chi connectivity index (χ0v) is 12.0. The van der Waals surface area contributed by atoms with E-state index in [4.69, 9.17) is 18.9 Å². The molecule has 0 bridgehead atoms. The van der Waals surface area contributed by atoms with E-state index in [1.807, 2.05) is 18.2 Å². The minimum Gasteiger partial charge on any atom is -0.493 e. The average Bonchev–Trinajstić information content (AvgIpc) is 3.09. The maximum atomic E-state index is 11.9. The molecule has 0 amide bonds. The van der Waals surface area contributed by atoms with Gasteiger partial charge in [-0.3, -0.25) is 0 Å². The monoisotopic (exact) mass is 290 g/mol. The van der Waals surface area contributed by atoms with Crippen molar-refractivity contribution in [1.82, 2.24) is 0 Å². The van der Waals surface area contributed by atoms with Crippen LogP contribution in [0.1, 0.15) is 24.8 Å². The second kappa shape index (κ2) is 4.45. The van der Waals surface area contributed by atoms with E-state index in [0.717, 1.165) is 11.8 Å². The molecule has 0 aromatic heterocycles. The van der Waals surface area contributed by atoms with Gasteiger partial charge in [-0.05, 0) is 12.5 Å². The number of aldehydes is 1. The summed E-state index contributed by atoms with van der Waals surface area (Å²) >= 11 is 0. The van der Waals surface area contributed by atoms with Crippen molar-refractivity contribution < 1.29 is 23.7 Å². The van der Waals surface area contributed by atoms with Crippen LogP contribution in [0.3, 0.4) is 0 Å². The van der Waals surface area contributed by atoms with E-state index in [-0.39, 0.29) is 6.10 Å². The summed E-state index contributed by atoms with van der Waals surface area (Å²) in [5.41, 5.74) is 0.319. The Balaban J connectivity index is 1.76. The first-order valence-corrected chi connectivity index (χ1v) is 7.31. The average molecular weight is 290 g/mol. The molecule has 1 aliphatic carbocycles. The summed E-state index contributed by atoms with van der Waals surface area (Å²) in [4.78, 5) is 11.9. The molecular weight excluding hydrogens is 272 g/mol. The molecule has 5 heteroatoms. The van der Waals surface area contributed by atoms with E-state index in [1.54, 1.807) is 7.11 Å². The van der Waals surface area contributed by atoms with Gasteiger partial charge in [0.25, 0.3) is 0 Å². The third-order valence-corrected chi connectivity index (χ3v) is 4.97. The lowest BCUT2D eigenvalue weighted by atomic mass is 9.68. The van der Waals surface area contributed by atoms with Gasteiger partial charge in [0.15, 0.2) is 17.3 Å². The van der Waals surface area contributed by atoms with Crippen molar-refractivity contribution in [2.24, 2.45) is 0 Å². The highest BCUT2D eigenvalue weighted by atomic mass is 16.7. The van der Waals surface area contributed by atoms with E-state index in [9.17, 15) is 4.79 Å². The highest BCUT2D eigenvalue weighted by Crippen LogP contribution is 2.55. The molecule has 2 atom stereocenters. The number of fused-ring (bicyclic) bond motifs is 3. The quantitative estimate of drug-likeness (QED) is 0.778. The Labute approximate surface area is 123 Å².